The maximum atomic E-state index is 5.51. The standard InChI is InChI=1S/C12H23N3O/c1-5-7-13-11(9-16-6-2)12-8-10(3)14-15(12)4/h8,11,13H,5-7,9H2,1-4H3. The Morgan fingerprint density at radius 1 is 1.50 bits per heavy atom. The number of nitrogens with zero attached hydrogens (tertiary/aromatic N) is 2. The zero-order valence-electron chi connectivity index (χ0n) is 10.8. The van der Waals surface area contributed by atoms with Crippen LogP contribution in [-0.4, -0.2) is 29.5 Å². The highest BCUT2D eigenvalue weighted by Gasteiger charge is 2.15. The van der Waals surface area contributed by atoms with Gasteiger partial charge in [0.05, 0.1) is 24.0 Å². The largest absolute Gasteiger partial charge is 0.380 e. The van der Waals surface area contributed by atoms with Crippen LogP contribution >= 0.6 is 0 Å². The predicted molar refractivity (Wildman–Crippen MR) is 65.5 cm³/mol. The number of hydrogen-bond acceptors (Lipinski definition) is 3. The van der Waals surface area contributed by atoms with Crippen LogP contribution in [0.5, 0.6) is 0 Å². The van der Waals surface area contributed by atoms with Crippen LogP contribution in [0.3, 0.4) is 0 Å². The van der Waals surface area contributed by atoms with Gasteiger partial charge < -0.3 is 10.1 Å². The lowest BCUT2D eigenvalue weighted by Crippen LogP contribution is -2.28. The van der Waals surface area contributed by atoms with Crippen molar-refractivity contribution in [2.75, 3.05) is 19.8 Å². The van der Waals surface area contributed by atoms with Crippen molar-refractivity contribution in [3.05, 3.63) is 17.5 Å². The third-order valence-electron chi connectivity index (χ3n) is 2.52. The van der Waals surface area contributed by atoms with E-state index in [-0.39, 0.29) is 6.04 Å². The van der Waals surface area contributed by atoms with Crippen molar-refractivity contribution in [2.24, 2.45) is 7.05 Å². The first-order valence-electron chi connectivity index (χ1n) is 6.00. The van der Waals surface area contributed by atoms with E-state index in [1.165, 1.54) is 5.69 Å². The van der Waals surface area contributed by atoms with Crippen LogP contribution in [0.2, 0.25) is 0 Å². The molecule has 0 fully saturated rings. The molecule has 0 aliphatic carbocycles. The molecule has 0 amide bonds. The van der Waals surface area contributed by atoms with E-state index in [0.29, 0.717) is 6.61 Å². The van der Waals surface area contributed by atoms with Crippen molar-refractivity contribution in [1.29, 1.82) is 0 Å². The molecule has 0 saturated carbocycles. The van der Waals surface area contributed by atoms with Gasteiger partial charge in [-0.15, -0.1) is 0 Å². The molecule has 0 bridgehead atoms. The number of aryl methyl sites for hydroxylation is 2. The van der Waals surface area contributed by atoms with Crippen LogP contribution in [0.1, 0.15) is 37.7 Å². The predicted octanol–water partition coefficient (Wildman–Crippen LogP) is 1.81. The molecule has 4 nitrogen and oxygen atoms in total. The molecule has 0 spiro atoms. The topological polar surface area (TPSA) is 39.1 Å². The summed E-state index contributed by atoms with van der Waals surface area (Å²) < 4.78 is 7.44. The van der Waals surface area contributed by atoms with Crippen LogP contribution in [-0.2, 0) is 11.8 Å². The quantitative estimate of drug-likeness (QED) is 0.769. The zero-order valence-corrected chi connectivity index (χ0v) is 10.8. The van der Waals surface area contributed by atoms with Gasteiger partial charge >= 0.3 is 0 Å². The van der Waals surface area contributed by atoms with E-state index in [2.05, 4.69) is 23.4 Å². The van der Waals surface area contributed by atoms with Crippen LogP contribution in [0.25, 0.3) is 0 Å². The van der Waals surface area contributed by atoms with E-state index in [1.54, 1.807) is 0 Å². The van der Waals surface area contributed by atoms with Crippen LogP contribution < -0.4 is 5.32 Å². The molecule has 0 radical (unpaired) electrons. The van der Waals surface area contributed by atoms with E-state index in [0.717, 1.165) is 25.3 Å². The Hall–Kier alpha value is -0.870. The molecular formula is C12H23N3O. The Kier molecular flexibility index (Phi) is 5.49. The minimum atomic E-state index is 0.242. The lowest BCUT2D eigenvalue weighted by atomic mass is 10.2. The summed E-state index contributed by atoms with van der Waals surface area (Å²) >= 11 is 0. The minimum Gasteiger partial charge on any atom is -0.380 e. The van der Waals surface area contributed by atoms with Crippen molar-refractivity contribution in [2.45, 2.75) is 33.2 Å². The fourth-order valence-electron chi connectivity index (χ4n) is 1.76. The number of hydrogen-bond donors (Lipinski definition) is 1. The highest BCUT2D eigenvalue weighted by atomic mass is 16.5. The van der Waals surface area contributed by atoms with Gasteiger partial charge in [0.25, 0.3) is 0 Å². The summed E-state index contributed by atoms with van der Waals surface area (Å²) in [6.45, 7) is 8.66. The van der Waals surface area contributed by atoms with E-state index < -0.39 is 0 Å². The molecule has 1 N–H and O–H groups in total. The third kappa shape index (κ3) is 3.61. The summed E-state index contributed by atoms with van der Waals surface area (Å²) in [5.41, 5.74) is 2.25. The molecule has 0 aliphatic rings. The van der Waals surface area contributed by atoms with Gasteiger partial charge in [-0.25, -0.2) is 0 Å². The van der Waals surface area contributed by atoms with Gasteiger partial charge in [-0.2, -0.15) is 5.10 Å². The molecule has 16 heavy (non-hydrogen) atoms. The third-order valence-corrected chi connectivity index (χ3v) is 2.52. The lowest BCUT2D eigenvalue weighted by molar-refractivity contribution is 0.120. The molecule has 0 aromatic carbocycles. The van der Waals surface area contributed by atoms with Gasteiger partial charge in [0, 0.05) is 13.7 Å². The molecule has 1 heterocycles. The van der Waals surface area contributed by atoms with Crippen molar-refractivity contribution >= 4 is 0 Å². The second-order valence-corrected chi connectivity index (χ2v) is 4.00. The van der Waals surface area contributed by atoms with E-state index >= 15 is 0 Å². The fraction of sp³-hybridized carbons (Fsp3) is 0.750. The number of nitrogens with one attached hydrogen (secondary N) is 1. The highest BCUT2D eigenvalue weighted by molar-refractivity contribution is 5.13. The molecule has 1 atom stereocenters. The summed E-state index contributed by atoms with van der Waals surface area (Å²) in [6.07, 6.45) is 1.12. The first-order chi connectivity index (χ1) is 7.69. The molecule has 1 unspecified atom stereocenters. The first-order valence-corrected chi connectivity index (χ1v) is 6.00. The van der Waals surface area contributed by atoms with Gasteiger partial charge in [0.15, 0.2) is 0 Å². The number of ether oxygens (including phenoxy) is 1. The van der Waals surface area contributed by atoms with Crippen molar-refractivity contribution in [1.82, 2.24) is 15.1 Å². The highest BCUT2D eigenvalue weighted by Crippen LogP contribution is 2.14. The molecule has 1 rings (SSSR count). The van der Waals surface area contributed by atoms with Crippen molar-refractivity contribution in [3.8, 4) is 0 Å². The van der Waals surface area contributed by atoms with Crippen molar-refractivity contribution < 1.29 is 4.74 Å². The second kappa shape index (κ2) is 6.66. The Morgan fingerprint density at radius 3 is 2.75 bits per heavy atom. The van der Waals surface area contributed by atoms with E-state index in [9.17, 15) is 0 Å². The Balaban J connectivity index is 2.70. The van der Waals surface area contributed by atoms with Gasteiger partial charge in [-0.05, 0) is 32.9 Å². The van der Waals surface area contributed by atoms with Crippen LogP contribution in [0.15, 0.2) is 6.07 Å². The Morgan fingerprint density at radius 2 is 2.25 bits per heavy atom. The fourth-order valence-corrected chi connectivity index (χ4v) is 1.76. The summed E-state index contributed by atoms with van der Waals surface area (Å²) in [5.74, 6) is 0. The number of rotatable bonds is 7. The van der Waals surface area contributed by atoms with Gasteiger partial charge in [0.2, 0.25) is 0 Å². The smallest absolute Gasteiger partial charge is 0.0729 e. The summed E-state index contributed by atoms with van der Waals surface area (Å²) in [7, 11) is 1.98. The Labute approximate surface area is 98.0 Å². The average Bonchev–Trinajstić information content (AvgIpc) is 2.58. The van der Waals surface area contributed by atoms with Crippen molar-refractivity contribution in [3.63, 3.8) is 0 Å². The molecule has 1 aromatic rings. The lowest BCUT2D eigenvalue weighted by Gasteiger charge is -2.18. The number of aromatic nitrogens is 2. The summed E-state index contributed by atoms with van der Waals surface area (Å²) in [4.78, 5) is 0. The van der Waals surface area contributed by atoms with Gasteiger partial charge in [-0.3, -0.25) is 4.68 Å². The maximum absolute atomic E-state index is 5.51. The summed E-state index contributed by atoms with van der Waals surface area (Å²) in [6, 6.07) is 2.36. The second-order valence-electron chi connectivity index (χ2n) is 4.00. The molecule has 0 aliphatic heterocycles. The first kappa shape index (κ1) is 13.2. The molecular weight excluding hydrogens is 202 g/mol. The molecule has 92 valence electrons. The van der Waals surface area contributed by atoms with Crippen LogP contribution in [0.4, 0.5) is 0 Å². The minimum absolute atomic E-state index is 0.242. The monoisotopic (exact) mass is 225 g/mol. The zero-order chi connectivity index (χ0) is 12.0. The van der Waals surface area contributed by atoms with E-state index in [1.807, 2.05) is 25.6 Å². The molecule has 4 heteroatoms. The SMILES string of the molecule is CCCNC(COCC)c1cc(C)nn1C. The summed E-state index contributed by atoms with van der Waals surface area (Å²) in [5, 5.41) is 7.86. The molecule has 1 aromatic heterocycles. The normalized spacial score (nSPS) is 13.0. The van der Waals surface area contributed by atoms with Crippen LogP contribution in [0, 0.1) is 6.92 Å². The maximum Gasteiger partial charge on any atom is 0.0729 e. The molecule has 0 saturated heterocycles. The Bertz CT molecular complexity index is 301. The van der Waals surface area contributed by atoms with Gasteiger partial charge in [-0.1, -0.05) is 6.92 Å². The van der Waals surface area contributed by atoms with Gasteiger partial charge in [0.1, 0.15) is 0 Å². The van der Waals surface area contributed by atoms with E-state index in [4.69, 9.17) is 4.74 Å². The average molecular weight is 225 g/mol.